The summed E-state index contributed by atoms with van der Waals surface area (Å²) in [4.78, 5) is 0. The first-order valence-corrected chi connectivity index (χ1v) is 7.83. The zero-order chi connectivity index (χ0) is 13.8. The van der Waals surface area contributed by atoms with E-state index in [1.165, 1.54) is 32.1 Å². The van der Waals surface area contributed by atoms with E-state index in [0.717, 1.165) is 11.5 Å². The number of hydrazine groups is 1. The van der Waals surface area contributed by atoms with Gasteiger partial charge in [-0.2, -0.15) is 0 Å². The summed E-state index contributed by atoms with van der Waals surface area (Å²) in [5, 5.41) is 1.23. The molecule has 2 nitrogen and oxygen atoms in total. The molecule has 0 amide bonds. The fourth-order valence-corrected chi connectivity index (χ4v) is 3.60. The van der Waals surface area contributed by atoms with Crippen molar-refractivity contribution in [1.82, 2.24) is 5.43 Å². The molecule has 2 rings (SSSR count). The Morgan fingerprint density at radius 3 is 2.53 bits per heavy atom. The van der Waals surface area contributed by atoms with E-state index in [1.807, 2.05) is 18.2 Å². The predicted octanol–water partition coefficient (Wildman–Crippen LogP) is 4.71. The number of benzene rings is 1. The molecule has 106 valence electrons. The van der Waals surface area contributed by atoms with Gasteiger partial charge in [0, 0.05) is 0 Å². The van der Waals surface area contributed by atoms with Crippen molar-refractivity contribution >= 4 is 23.2 Å². The molecule has 1 atom stereocenters. The van der Waals surface area contributed by atoms with Crippen LogP contribution in [0.15, 0.2) is 18.2 Å². The van der Waals surface area contributed by atoms with Crippen molar-refractivity contribution in [2.45, 2.75) is 45.1 Å². The highest BCUT2D eigenvalue weighted by Gasteiger charge is 2.28. The first-order chi connectivity index (χ1) is 9.17. The van der Waals surface area contributed by atoms with Crippen LogP contribution in [0.2, 0.25) is 10.0 Å². The number of rotatable bonds is 4. The topological polar surface area (TPSA) is 38.0 Å². The van der Waals surface area contributed by atoms with Gasteiger partial charge in [-0.1, -0.05) is 61.5 Å². The van der Waals surface area contributed by atoms with Gasteiger partial charge in [0.1, 0.15) is 0 Å². The van der Waals surface area contributed by atoms with Gasteiger partial charge in [0.15, 0.2) is 0 Å². The van der Waals surface area contributed by atoms with E-state index < -0.39 is 0 Å². The van der Waals surface area contributed by atoms with Crippen molar-refractivity contribution in [3.05, 3.63) is 33.8 Å². The average molecular weight is 301 g/mol. The maximum Gasteiger partial charge on any atom is 0.0640 e. The standard InChI is InChI=1S/C15H22Cl2N2/c1-2-10-6-8-11(9-7-10)15(19-18)12-4-3-5-13(16)14(12)17/h3-5,10-11,15,19H,2,6-9,18H2,1H3. The molecule has 1 unspecified atom stereocenters. The van der Waals surface area contributed by atoms with E-state index >= 15 is 0 Å². The summed E-state index contributed by atoms with van der Waals surface area (Å²) in [6.07, 6.45) is 6.27. The van der Waals surface area contributed by atoms with Gasteiger partial charge < -0.3 is 0 Å². The minimum Gasteiger partial charge on any atom is -0.271 e. The Hall–Kier alpha value is -0.280. The average Bonchev–Trinajstić information content (AvgIpc) is 2.45. The van der Waals surface area contributed by atoms with Gasteiger partial charge in [-0.15, -0.1) is 0 Å². The van der Waals surface area contributed by atoms with Gasteiger partial charge in [0.25, 0.3) is 0 Å². The molecule has 4 heteroatoms. The number of halogens is 2. The molecule has 0 spiro atoms. The van der Waals surface area contributed by atoms with E-state index in [1.54, 1.807) is 0 Å². The van der Waals surface area contributed by atoms with Crippen LogP contribution < -0.4 is 11.3 Å². The Labute approximate surface area is 125 Å². The zero-order valence-corrected chi connectivity index (χ0v) is 12.8. The lowest BCUT2D eigenvalue weighted by Crippen LogP contribution is -2.35. The van der Waals surface area contributed by atoms with Crippen LogP contribution in [0.1, 0.15) is 50.6 Å². The molecule has 0 aromatic heterocycles. The third-order valence-electron chi connectivity index (χ3n) is 4.44. The largest absolute Gasteiger partial charge is 0.271 e. The van der Waals surface area contributed by atoms with E-state index in [0.29, 0.717) is 16.0 Å². The van der Waals surface area contributed by atoms with Crippen LogP contribution in [0.3, 0.4) is 0 Å². The lowest BCUT2D eigenvalue weighted by molar-refractivity contribution is 0.219. The lowest BCUT2D eigenvalue weighted by atomic mass is 9.76. The highest BCUT2D eigenvalue weighted by atomic mass is 35.5. The first-order valence-electron chi connectivity index (χ1n) is 7.07. The van der Waals surface area contributed by atoms with Crippen molar-refractivity contribution in [3.8, 4) is 0 Å². The molecule has 1 saturated carbocycles. The van der Waals surface area contributed by atoms with E-state index in [4.69, 9.17) is 29.0 Å². The quantitative estimate of drug-likeness (QED) is 0.624. The van der Waals surface area contributed by atoms with E-state index in [2.05, 4.69) is 12.3 Å². The molecule has 1 fully saturated rings. The van der Waals surface area contributed by atoms with Crippen LogP contribution in [-0.2, 0) is 0 Å². The van der Waals surface area contributed by atoms with Crippen LogP contribution in [0.4, 0.5) is 0 Å². The van der Waals surface area contributed by atoms with Gasteiger partial charge in [-0.25, -0.2) is 0 Å². The summed E-state index contributed by atoms with van der Waals surface area (Å²) < 4.78 is 0. The molecule has 0 heterocycles. The summed E-state index contributed by atoms with van der Waals surface area (Å²) in [5.74, 6) is 7.19. The van der Waals surface area contributed by atoms with Gasteiger partial charge in [0.05, 0.1) is 16.1 Å². The summed E-state index contributed by atoms with van der Waals surface area (Å²) in [7, 11) is 0. The second-order valence-electron chi connectivity index (χ2n) is 5.48. The number of nitrogens with two attached hydrogens (primary N) is 1. The third kappa shape index (κ3) is 3.43. The third-order valence-corrected chi connectivity index (χ3v) is 5.27. The Bertz CT molecular complexity index is 415. The Balaban J connectivity index is 2.14. The summed E-state index contributed by atoms with van der Waals surface area (Å²) >= 11 is 12.4. The minimum atomic E-state index is 0.101. The Morgan fingerprint density at radius 1 is 1.26 bits per heavy atom. The fraction of sp³-hybridized carbons (Fsp3) is 0.600. The van der Waals surface area contributed by atoms with Crippen LogP contribution in [0, 0.1) is 11.8 Å². The van der Waals surface area contributed by atoms with Crippen LogP contribution >= 0.6 is 23.2 Å². The highest BCUT2D eigenvalue weighted by Crippen LogP contribution is 2.40. The van der Waals surface area contributed by atoms with Gasteiger partial charge >= 0.3 is 0 Å². The minimum absolute atomic E-state index is 0.101. The second kappa shape index (κ2) is 6.94. The summed E-state index contributed by atoms with van der Waals surface area (Å²) in [6.45, 7) is 2.28. The number of hydrogen-bond donors (Lipinski definition) is 2. The van der Waals surface area contributed by atoms with Crippen molar-refractivity contribution in [2.75, 3.05) is 0 Å². The molecule has 0 radical (unpaired) electrons. The molecule has 1 aliphatic carbocycles. The Morgan fingerprint density at radius 2 is 1.95 bits per heavy atom. The van der Waals surface area contributed by atoms with E-state index in [-0.39, 0.29) is 6.04 Å². The van der Waals surface area contributed by atoms with Crippen LogP contribution in [0.5, 0.6) is 0 Å². The molecule has 0 aliphatic heterocycles. The van der Waals surface area contributed by atoms with Crippen molar-refractivity contribution < 1.29 is 0 Å². The highest BCUT2D eigenvalue weighted by molar-refractivity contribution is 6.42. The molecule has 1 aromatic rings. The maximum absolute atomic E-state index is 6.31. The monoisotopic (exact) mass is 300 g/mol. The van der Waals surface area contributed by atoms with Gasteiger partial charge in [-0.05, 0) is 36.3 Å². The van der Waals surface area contributed by atoms with Crippen molar-refractivity contribution in [3.63, 3.8) is 0 Å². The number of nitrogens with one attached hydrogen (secondary N) is 1. The number of hydrogen-bond acceptors (Lipinski definition) is 2. The normalized spacial score (nSPS) is 25.3. The molecule has 1 aliphatic rings. The van der Waals surface area contributed by atoms with Crippen molar-refractivity contribution in [1.29, 1.82) is 0 Å². The lowest BCUT2D eigenvalue weighted by Gasteiger charge is -2.34. The first kappa shape index (κ1) is 15.1. The predicted molar refractivity (Wildman–Crippen MR) is 82.3 cm³/mol. The second-order valence-corrected chi connectivity index (χ2v) is 6.26. The SMILES string of the molecule is CCC1CCC(C(NN)c2cccc(Cl)c2Cl)CC1. The Kier molecular flexibility index (Phi) is 5.52. The summed E-state index contributed by atoms with van der Waals surface area (Å²) in [6, 6.07) is 5.87. The molecule has 0 bridgehead atoms. The van der Waals surface area contributed by atoms with E-state index in [9.17, 15) is 0 Å². The van der Waals surface area contributed by atoms with Crippen LogP contribution in [-0.4, -0.2) is 0 Å². The summed E-state index contributed by atoms with van der Waals surface area (Å²) in [5.41, 5.74) is 3.97. The molecular formula is C15H22Cl2N2. The zero-order valence-electron chi connectivity index (χ0n) is 11.3. The fourth-order valence-electron chi connectivity index (χ4n) is 3.17. The molecule has 1 aromatic carbocycles. The molecule has 19 heavy (non-hydrogen) atoms. The molecule has 3 N–H and O–H groups in total. The molecular weight excluding hydrogens is 279 g/mol. The smallest absolute Gasteiger partial charge is 0.0640 e. The van der Waals surface area contributed by atoms with Crippen molar-refractivity contribution in [2.24, 2.45) is 17.7 Å². The van der Waals surface area contributed by atoms with Gasteiger partial charge in [-0.3, -0.25) is 11.3 Å². The van der Waals surface area contributed by atoms with Crippen LogP contribution in [0.25, 0.3) is 0 Å². The molecule has 0 saturated heterocycles. The maximum atomic E-state index is 6.31. The van der Waals surface area contributed by atoms with Gasteiger partial charge in [0.2, 0.25) is 0 Å².